The fourth-order valence-corrected chi connectivity index (χ4v) is 19.0. The molecule has 0 aliphatic carbocycles. The normalized spacial score (nSPS) is 13.3. The van der Waals surface area contributed by atoms with Gasteiger partial charge in [-0.05, 0) is 0 Å². The Balaban J connectivity index is 3.06. The molecule has 1 aromatic carbocycles. The molecule has 0 heterocycles. The van der Waals surface area contributed by atoms with Crippen LogP contribution in [0.25, 0.3) is 0 Å². The Morgan fingerprint density at radius 3 is 1.29 bits per heavy atom. The summed E-state index contributed by atoms with van der Waals surface area (Å²) in [6.07, 6.45) is 0. The average molecular weight is 666 g/mol. The van der Waals surface area contributed by atoms with E-state index in [4.69, 9.17) is 18.2 Å². The van der Waals surface area contributed by atoms with Crippen molar-refractivity contribution in [3.8, 4) is 0 Å². The van der Waals surface area contributed by atoms with Crippen LogP contribution in [0.1, 0.15) is 0 Å². The van der Waals surface area contributed by atoms with E-state index in [1.807, 2.05) is 0 Å². The van der Waals surface area contributed by atoms with Crippen molar-refractivity contribution in [1.29, 1.82) is 0 Å². The Kier molecular flexibility index (Phi) is 12.6. The molecule has 0 aliphatic heterocycles. The van der Waals surface area contributed by atoms with Gasteiger partial charge in [0, 0.05) is 0 Å². The van der Waals surface area contributed by atoms with Gasteiger partial charge in [-0.25, -0.2) is 0 Å². The molecule has 34 heavy (non-hydrogen) atoms. The Bertz CT molecular complexity index is 1140. The molecule has 0 radical (unpaired) electrons. The second-order valence-corrected chi connectivity index (χ2v) is 24.6. The fraction of sp³-hybridized carbons (Fsp3) is 0.571. The van der Waals surface area contributed by atoms with Crippen molar-refractivity contribution in [1.82, 2.24) is 0 Å². The van der Waals surface area contributed by atoms with E-state index in [-0.39, 0.29) is 24.6 Å². The average Bonchev–Trinajstić information content (AvgIpc) is 2.63. The number of nitrogens with zero attached hydrogens (tertiary/aromatic N) is 1. The summed E-state index contributed by atoms with van der Waals surface area (Å²) in [6, 6.07) is 6.34. The van der Waals surface area contributed by atoms with Gasteiger partial charge in [0.05, 0.1) is 0 Å². The van der Waals surface area contributed by atoms with E-state index >= 15 is 0 Å². The Morgan fingerprint density at radius 1 is 0.618 bits per heavy atom. The molecule has 4 N–H and O–H groups in total. The monoisotopic (exact) mass is 665 g/mol. The van der Waals surface area contributed by atoms with Gasteiger partial charge in [-0.3, -0.25) is 0 Å². The first-order chi connectivity index (χ1) is 15.3. The predicted molar refractivity (Wildman–Crippen MR) is 135 cm³/mol. The summed E-state index contributed by atoms with van der Waals surface area (Å²) in [5, 5.41) is 0. The van der Waals surface area contributed by atoms with Gasteiger partial charge in [0.1, 0.15) is 0 Å². The minimum atomic E-state index is -4.34. The number of hydrogen-bond acceptors (Lipinski definition) is 11. The van der Waals surface area contributed by atoms with Gasteiger partial charge < -0.3 is 0 Å². The van der Waals surface area contributed by atoms with Crippen LogP contribution in [0.4, 0.5) is 5.69 Å². The Labute approximate surface area is 210 Å². The number of rotatable bonds is 16. The molecular formula is C14H24AsNO12S6. The minimum absolute atomic E-state index is 0.0499. The summed E-state index contributed by atoms with van der Waals surface area (Å²) < 4.78 is 125. The van der Waals surface area contributed by atoms with Crippen LogP contribution < -0.4 is 9.25 Å². The fourth-order valence-electron chi connectivity index (χ4n) is 2.24. The summed E-state index contributed by atoms with van der Waals surface area (Å²) in [7, 11) is -14.6. The molecule has 0 aromatic heterocycles. The molecule has 13 nitrogen and oxygen atoms in total. The van der Waals surface area contributed by atoms with Crippen molar-refractivity contribution in [3.05, 3.63) is 24.3 Å². The summed E-state index contributed by atoms with van der Waals surface area (Å²) in [5.41, 5.74) is 0.385. The third-order valence-corrected chi connectivity index (χ3v) is 20.6. The van der Waals surface area contributed by atoms with Crippen molar-refractivity contribution in [2.75, 3.05) is 52.5 Å². The molecule has 0 atom stereocenters. The first-order valence-electron chi connectivity index (χ1n) is 9.06. The third-order valence-electron chi connectivity index (χ3n) is 3.76. The van der Waals surface area contributed by atoms with Gasteiger partial charge in [0.15, 0.2) is 0 Å². The summed E-state index contributed by atoms with van der Waals surface area (Å²) in [6.45, 7) is -0.525. The van der Waals surface area contributed by atoms with Crippen LogP contribution in [-0.2, 0) is 40.5 Å². The van der Waals surface area contributed by atoms with Crippen LogP contribution in [-0.4, -0.2) is 112 Å². The first kappa shape index (κ1) is 31.9. The molecule has 0 spiro atoms. The molecule has 0 aliphatic rings. The topological polar surface area (TPSA) is 221 Å². The second-order valence-electron chi connectivity index (χ2n) is 6.57. The third kappa shape index (κ3) is 15.8. The van der Waals surface area contributed by atoms with E-state index in [0.29, 0.717) is 5.69 Å². The van der Waals surface area contributed by atoms with Gasteiger partial charge in [0.25, 0.3) is 0 Å². The van der Waals surface area contributed by atoms with Gasteiger partial charge in [0.2, 0.25) is 0 Å². The van der Waals surface area contributed by atoms with Crippen molar-refractivity contribution in [3.63, 3.8) is 0 Å². The molecule has 1 aromatic rings. The van der Waals surface area contributed by atoms with E-state index in [2.05, 4.69) is 0 Å². The SMILES string of the molecule is O=S(=O)(O)CCS[As](SCCS(=O)(=O)O)c1ccc(N(CCS(=O)(=O)O)CCS(=O)(=O)O)cc1. The van der Waals surface area contributed by atoms with Gasteiger partial charge in [-0.1, -0.05) is 0 Å². The molecule has 20 heteroatoms. The van der Waals surface area contributed by atoms with E-state index in [1.165, 1.54) is 37.1 Å². The predicted octanol–water partition coefficient (Wildman–Crippen LogP) is -0.794. The van der Waals surface area contributed by atoms with E-state index < -0.39 is 75.8 Å². The first-order valence-corrected chi connectivity index (χ1v) is 22.9. The van der Waals surface area contributed by atoms with Crippen LogP contribution >= 0.6 is 20.0 Å². The second kappa shape index (κ2) is 13.5. The van der Waals surface area contributed by atoms with Crippen LogP contribution in [0.15, 0.2) is 24.3 Å². The Morgan fingerprint density at radius 2 is 0.971 bits per heavy atom. The number of anilines is 1. The zero-order valence-electron chi connectivity index (χ0n) is 17.4. The summed E-state index contributed by atoms with van der Waals surface area (Å²) >= 11 is -2.20. The summed E-state index contributed by atoms with van der Waals surface area (Å²) in [5.74, 6) is -2.27. The van der Waals surface area contributed by atoms with Crippen molar-refractivity contribution >= 4 is 82.9 Å². The van der Waals surface area contributed by atoms with Gasteiger partial charge in [-0.2, -0.15) is 0 Å². The van der Waals surface area contributed by atoms with Crippen LogP contribution in [0.5, 0.6) is 0 Å². The number of hydrogen-bond donors (Lipinski definition) is 4. The molecule has 0 saturated carbocycles. The Hall–Kier alpha value is -0.0816. The quantitative estimate of drug-likeness (QED) is 0.125. The van der Waals surface area contributed by atoms with E-state index in [0.717, 1.165) is 4.35 Å². The maximum absolute atomic E-state index is 11.1. The van der Waals surface area contributed by atoms with Crippen LogP contribution in [0.2, 0.25) is 0 Å². The summed E-state index contributed by atoms with van der Waals surface area (Å²) in [4.78, 5) is 1.33. The molecule has 0 bridgehead atoms. The molecular weight excluding hydrogens is 641 g/mol. The molecule has 0 unspecified atom stereocenters. The standard InChI is InChI=1S/C14H24AsNO12S6/c17-31(18,19)9-5-16(6-10-32(20,21)22)14-3-1-13(2-4-14)15(29-7-11-33(23,24)25)30-8-12-34(26,27)28/h1-4H,5-12H2,(H,17,18,19)(H,20,21,22)(H,23,24,25)(H,26,27,28). The molecule has 198 valence electrons. The molecule has 0 amide bonds. The molecule has 0 saturated heterocycles. The zero-order chi connectivity index (χ0) is 26.2. The molecule has 0 fully saturated rings. The van der Waals surface area contributed by atoms with E-state index in [1.54, 1.807) is 12.1 Å². The van der Waals surface area contributed by atoms with E-state index in [9.17, 15) is 33.7 Å². The van der Waals surface area contributed by atoms with Crippen LogP contribution in [0, 0.1) is 0 Å². The maximum atomic E-state index is 11.1. The number of benzene rings is 1. The molecule has 1 rings (SSSR count). The zero-order valence-corrected chi connectivity index (χ0v) is 24.1. The van der Waals surface area contributed by atoms with Crippen molar-refractivity contribution in [2.24, 2.45) is 0 Å². The van der Waals surface area contributed by atoms with Gasteiger partial charge >= 0.3 is 212 Å². The van der Waals surface area contributed by atoms with Crippen molar-refractivity contribution in [2.45, 2.75) is 0 Å². The van der Waals surface area contributed by atoms with Gasteiger partial charge in [-0.15, -0.1) is 0 Å². The van der Waals surface area contributed by atoms with Crippen LogP contribution in [0.3, 0.4) is 0 Å². The van der Waals surface area contributed by atoms with Crippen molar-refractivity contribution < 1.29 is 51.9 Å².